The zero-order valence-corrected chi connectivity index (χ0v) is 17.6. The van der Waals surface area contributed by atoms with Gasteiger partial charge in [-0.15, -0.1) is 0 Å². The molecule has 21 heavy (non-hydrogen) atoms. The maximum atomic E-state index is 6.37. The Morgan fingerprint density at radius 2 is 1.52 bits per heavy atom. The molecule has 2 rings (SSSR count). The molecule has 0 aliphatic heterocycles. The fourth-order valence-corrected chi connectivity index (χ4v) is 19.6. The standard InChI is InChI=1S/C6H3OS.3C4H9.Sn/c1-3-7-5-2-4-8-6(1)5;3*1-3-4-2;/h1-2,4H;3*1,3-4H2,2H3;. The summed E-state index contributed by atoms with van der Waals surface area (Å²) < 4.78 is 13.7. The van der Waals surface area contributed by atoms with E-state index in [4.69, 9.17) is 4.42 Å². The number of hydrogen-bond acceptors (Lipinski definition) is 2. The van der Waals surface area contributed by atoms with E-state index >= 15 is 0 Å². The molecule has 0 N–H and O–H groups in total. The SMILES string of the molecule is CCC[CH2][Sn]([CH2]CCC)([CH2]CCC)[c]1cc2sccc2o1. The first-order valence-corrected chi connectivity index (χ1v) is 17.1. The molecule has 0 aromatic carbocycles. The molecular weight excluding hydrogens is 383 g/mol. The Morgan fingerprint density at radius 1 is 0.952 bits per heavy atom. The number of furan rings is 1. The van der Waals surface area contributed by atoms with Crippen LogP contribution in [0.3, 0.4) is 0 Å². The Kier molecular flexibility index (Phi) is 7.13. The van der Waals surface area contributed by atoms with Crippen LogP contribution in [0.5, 0.6) is 0 Å². The predicted octanol–water partition coefficient (Wildman–Crippen LogP) is 6.55. The summed E-state index contributed by atoms with van der Waals surface area (Å²) in [5.74, 6) is 0. The first-order valence-electron chi connectivity index (χ1n) is 8.73. The van der Waals surface area contributed by atoms with E-state index in [-0.39, 0.29) is 0 Å². The summed E-state index contributed by atoms with van der Waals surface area (Å²) in [5.41, 5.74) is 1.14. The van der Waals surface area contributed by atoms with Crippen LogP contribution in [-0.4, -0.2) is 18.4 Å². The topological polar surface area (TPSA) is 13.1 Å². The molecule has 0 spiro atoms. The van der Waals surface area contributed by atoms with E-state index in [1.54, 1.807) is 0 Å². The summed E-state index contributed by atoms with van der Waals surface area (Å²) in [6, 6.07) is 4.58. The first kappa shape index (κ1) is 17.4. The van der Waals surface area contributed by atoms with Gasteiger partial charge in [-0.3, -0.25) is 0 Å². The molecule has 0 aliphatic rings. The van der Waals surface area contributed by atoms with Crippen molar-refractivity contribution in [1.29, 1.82) is 0 Å². The molecule has 0 aliphatic carbocycles. The van der Waals surface area contributed by atoms with Crippen LogP contribution in [-0.2, 0) is 0 Å². The van der Waals surface area contributed by atoms with Gasteiger partial charge in [0, 0.05) is 0 Å². The van der Waals surface area contributed by atoms with Gasteiger partial charge in [-0.1, -0.05) is 0 Å². The van der Waals surface area contributed by atoms with Crippen LogP contribution in [0, 0.1) is 0 Å². The summed E-state index contributed by atoms with van der Waals surface area (Å²) in [5, 5.41) is 2.15. The van der Waals surface area contributed by atoms with E-state index < -0.39 is 18.4 Å². The normalized spacial score (nSPS) is 12.3. The van der Waals surface area contributed by atoms with Crippen LogP contribution in [0.15, 0.2) is 21.9 Å². The molecule has 3 heteroatoms. The molecule has 0 amide bonds. The predicted molar refractivity (Wildman–Crippen MR) is 98.6 cm³/mol. The van der Waals surface area contributed by atoms with Gasteiger partial charge < -0.3 is 0 Å². The van der Waals surface area contributed by atoms with Gasteiger partial charge in [0.1, 0.15) is 0 Å². The van der Waals surface area contributed by atoms with Crippen molar-refractivity contribution in [3.05, 3.63) is 17.5 Å². The van der Waals surface area contributed by atoms with Crippen molar-refractivity contribution >= 4 is 43.8 Å². The second-order valence-electron chi connectivity index (χ2n) is 6.35. The van der Waals surface area contributed by atoms with Crippen molar-refractivity contribution in [1.82, 2.24) is 0 Å². The Bertz CT molecular complexity index is 478. The van der Waals surface area contributed by atoms with Gasteiger partial charge in [-0.05, 0) is 0 Å². The molecular formula is C18H30OSSn. The van der Waals surface area contributed by atoms with Crippen molar-refractivity contribution in [3.8, 4) is 0 Å². The van der Waals surface area contributed by atoms with Crippen molar-refractivity contribution in [2.24, 2.45) is 0 Å². The van der Waals surface area contributed by atoms with Crippen molar-refractivity contribution in [2.45, 2.75) is 72.6 Å². The zero-order valence-electron chi connectivity index (χ0n) is 13.9. The van der Waals surface area contributed by atoms with E-state index in [0.717, 1.165) is 5.58 Å². The average molecular weight is 413 g/mol. The average Bonchev–Trinajstić information content (AvgIpc) is 3.08. The Hall–Kier alpha value is 0.0387. The molecule has 0 unspecified atom stereocenters. The van der Waals surface area contributed by atoms with Crippen molar-refractivity contribution in [2.75, 3.05) is 0 Å². The van der Waals surface area contributed by atoms with Crippen LogP contribution in [0.4, 0.5) is 0 Å². The monoisotopic (exact) mass is 414 g/mol. The Balaban J connectivity index is 2.31. The van der Waals surface area contributed by atoms with Gasteiger partial charge in [0.25, 0.3) is 0 Å². The van der Waals surface area contributed by atoms with Gasteiger partial charge in [0.2, 0.25) is 0 Å². The summed E-state index contributed by atoms with van der Waals surface area (Å²) >= 11 is -0.486. The summed E-state index contributed by atoms with van der Waals surface area (Å²) in [4.78, 5) is 0. The summed E-state index contributed by atoms with van der Waals surface area (Å²) in [6.45, 7) is 6.99. The van der Waals surface area contributed by atoms with E-state index in [1.807, 2.05) is 11.3 Å². The number of thiophene rings is 1. The molecule has 0 fully saturated rings. The van der Waals surface area contributed by atoms with Gasteiger partial charge in [-0.2, -0.15) is 0 Å². The number of hydrogen-bond donors (Lipinski definition) is 0. The number of rotatable bonds is 10. The minimum absolute atomic E-state index is 1.14. The molecule has 0 saturated heterocycles. The van der Waals surface area contributed by atoms with E-state index in [1.165, 1.54) is 60.3 Å². The Labute approximate surface area is 138 Å². The molecule has 0 radical (unpaired) electrons. The van der Waals surface area contributed by atoms with Crippen molar-refractivity contribution in [3.63, 3.8) is 0 Å². The molecule has 2 aromatic heterocycles. The quantitative estimate of drug-likeness (QED) is 0.403. The second kappa shape index (κ2) is 8.61. The second-order valence-corrected chi connectivity index (χ2v) is 20.3. The molecule has 0 saturated carbocycles. The van der Waals surface area contributed by atoms with E-state index in [0.29, 0.717) is 0 Å². The van der Waals surface area contributed by atoms with Gasteiger partial charge in [0.05, 0.1) is 0 Å². The Morgan fingerprint density at radius 3 is 2.00 bits per heavy atom. The van der Waals surface area contributed by atoms with E-state index in [9.17, 15) is 0 Å². The fourth-order valence-electron chi connectivity index (χ4n) is 3.32. The minimum atomic E-state index is -2.32. The van der Waals surface area contributed by atoms with Crippen LogP contribution < -0.4 is 3.78 Å². The third-order valence-electron chi connectivity index (χ3n) is 4.69. The third kappa shape index (κ3) is 4.28. The van der Waals surface area contributed by atoms with E-state index in [2.05, 4.69) is 38.3 Å². The zero-order chi connectivity index (χ0) is 15.1. The number of unbranched alkanes of at least 4 members (excludes halogenated alkanes) is 3. The third-order valence-corrected chi connectivity index (χ3v) is 20.4. The molecule has 0 atom stereocenters. The summed E-state index contributed by atoms with van der Waals surface area (Å²) in [6.07, 6.45) is 8.18. The molecule has 0 bridgehead atoms. The van der Waals surface area contributed by atoms with Crippen LogP contribution in [0.1, 0.15) is 59.3 Å². The maximum absolute atomic E-state index is 6.37. The number of fused-ring (bicyclic) bond motifs is 1. The van der Waals surface area contributed by atoms with Gasteiger partial charge in [-0.25, -0.2) is 0 Å². The first-order chi connectivity index (χ1) is 10.3. The van der Waals surface area contributed by atoms with Gasteiger partial charge >= 0.3 is 138 Å². The van der Waals surface area contributed by atoms with Crippen molar-refractivity contribution < 1.29 is 4.42 Å². The fraction of sp³-hybridized carbons (Fsp3) is 0.667. The van der Waals surface area contributed by atoms with Gasteiger partial charge in [0.15, 0.2) is 0 Å². The van der Waals surface area contributed by atoms with Crippen LogP contribution in [0.25, 0.3) is 10.3 Å². The van der Waals surface area contributed by atoms with Crippen LogP contribution >= 0.6 is 11.3 Å². The molecule has 1 nitrogen and oxygen atoms in total. The van der Waals surface area contributed by atoms with Crippen LogP contribution in [0.2, 0.25) is 13.3 Å². The molecule has 118 valence electrons. The molecule has 2 heterocycles. The summed E-state index contributed by atoms with van der Waals surface area (Å²) in [7, 11) is 0. The molecule has 2 aromatic rings.